The molecular weight excluding hydrogens is 274 g/mol. The molecule has 1 unspecified atom stereocenters. The van der Waals surface area contributed by atoms with Gasteiger partial charge in [0.1, 0.15) is 12.6 Å². The summed E-state index contributed by atoms with van der Waals surface area (Å²) in [6, 6.07) is 5.78. The Morgan fingerprint density at radius 3 is 2.33 bits per heavy atom. The predicted octanol–water partition coefficient (Wildman–Crippen LogP) is 2.59. The van der Waals surface area contributed by atoms with Crippen molar-refractivity contribution in [2.24, 2.45) is 5.18 Å². The molecule has 0 aromatic heterocycles. The number of ether oxygens (including phenoxy) is 1. The molecule has 0 saturated carbocycles. The Kier molecular flexibility index (Phi) is 6.32. The number of hydrogen-bond acceptors (Lipinski definition) is 5. The van der Waals surface area contributed by atoms with Crippen LogP contribution >= 0.6 is 0 Å². The van der Waals surface area contributed by atoms with Crippen LogP contribution in [0, 0.1) is 4.91 Å². The maximum atomic E-state index is 11.6. The molecule has 1 aromatic carbocycles. The van der Waals surface area contributed by atoms with Gasteiger partial charge in [0.25, 0.3) is 0 Å². The summed E-state index contributed by atoms with van der Waals surface area (Å²) in [6.07, 6.45) is -0.219. The van der Waals surface area contributed by atoms with Crippen LogP contribution in [-0.4, -0.2) is 24.6 Å². The number of urea groups is 1. The van der Waals surface area contributed by atoms with Crippen molar-refractivity contribution < 1.29 is 14.3 Å². The summed E-state index contributed by atoms with van der Waals surface area (Å²) >= 11 is 0. The first kappa shape index (κ1) is 16.6. The first-order valence-corrected chi connectivity index (χ1v) is 6.59. The highest BCUT2D eigenvalue weighted by Crippen LogP contribution is 2.18. The normalized spacial score (nSPS) is 11.6. The molecule has 0 aliphatic heterocycles. The minimum absolute atomic E-state index is 0.200. The second kappa shape index (κ2) is 7.98. The number of carbonyl (C=O) groups excluding carboxylic acids is 2. The van der Waals surface area contributed by atoms with Crippen molar-refractivity contribution in [1.82, 2.24) is 5.32 Å². The molecule has 0 radical (unpaired) electrons. The van der Waals surface area contributed by atoms with Gasteiger partial charge >= 0.3 is 12.0 Å². The van der Waals surface area contributed by atoms with Gasteiger partial charge in [-0.25, -0.2) is 4.79 Å². The minimum Gasteiger partial charge on any atom is -0.462 e. The van der Waals surface area contributed by atoms with Gasteiger partial charge in [-0.2, -0.15) is 4.91 Å². The van der Waals surface area contributed by atoms with Gasteiger partial charge in [-0.3, -0.25) is 4.79 Å². The van der Waals surface area contributed by atoms with Crippen LogP contribution in [0.3, 0.4) is 0 Å². The standard InChI is InChI=1S/C14H19N3O4/c1-9(2)21-13(18)8-15-14(19)16-12-6-4-11(5-7-12)10(3)17-20/h4-7,9-10H,8H2,1-3H3,(H2,15,16,19). The Bertz CT molecular complexity index is 499. The maximum absolute atomic E-state index is 11.6. The third-order valence-corrected chi connectivity index (χ3v) is 2.57. The van der Waals surface area contributed by atoms with Crippen molar-refractivity contribution in [3.05, 3.63) is 34.7 Å². The van der Waals surface area contributed by atoms with E-state index in [-0.39, 0.29) is 12.6 Å². The second-order valence-corrected chi connectivity index (χ2v) is 4.75. The van der Waals surface area contributed by atoms with E-state index in [0.29, 0.717) is 5.69 Å². The van der Waals surface area contributed by atoms with Crippen molar-refractivity contribution in [2.75, 3.05) is 11.9 Å². The fraction of sp³-hybridized carbons (Fsp3) is 0.429. The lowest BCUT2D eigenvalue weighted by atomic mass is 10.1. The molecule has 0 saturated heterocycles. The average molecular weight is 293 g/mol. The Morgan fingerprint density at radius 2 is 1.81 bits per heavy atom. The van der Waals surface area contributed by atoms with Gasteiger partial charge in [0, 0.05) is 5.69 Å². The van der Waals surface area contributed by atoms with Gasteiger partial charge in [0.2, 0.25) is 0 Å². The van der Waals surface area contributed by atoms with Crippen LogP contribution in [0.5, 0.6) is 0 Å². The molecule has 0 fully saturated rings. The van der Waals surface area contributed by atoms with Gasteiger partial charge in [0.15, 0.2) is 0 Å². The van der Waals surface area contributed by atoms with E-state index in [2.05, 4.69) is 15.8 Å². The summed E-state index contributed by atoms with van der Waals surface area (Å²) in [7, 11) is 0. The molecular formula is C14H19N3O4. The number of nitrogens with one attached hydrogen (secondary N) is 2. The molecule has 114 valence electrons. The van der Waals surface area contributed by atoms with E-state index in [1.807, 2.05) is 0 Å². The smallest absolute Gasteiger partial charge is 0.325 e. The molecule has 7 nitrogen and oxygen atoms in total. The van der Waals surface area contributed by atoms with Crippen LogP contribution < -0.4 is 10.6 Å². The fourth-order valence-corrected chi connectivity index (χ4v) is 1.54. The summed E-state index contributed by atoms with van der Waals surface area (Å²) in [4.78, 5) is 33.3. The predicted molar refractivity (Wildman–Crippen MR) is 78.9 cm³/mol. The zero-order valence-corrected chi connectivity index (χ0v) is 12.3. The summed E-state index contributed by atoms with van der Waals surface area (Å²) in [5.41, 5.74) is 1.31. The monoisotopic (exact) mass is 293 g/mol. The van der Waals surface area contributed by atoms with Gasteiger partial charge in [-0.1, -0.05) is 17.3 Å². The number of esters is 1. The van der Waals surface area contributed by atoms with Gasteiger partial charge in [0.05, 0.1) is 6.10 Å². The molecule has 1 aromatic rings. The fourth-order valence-electron chi connectivity index (χ4n) is 1.54. The highest BCUT2D eigenvalue weighted by Gasteiger charge is 2.09. The largest absolute Gasteiger partial charge is 0.462 e. The average Bonchev–Trinajstić information content (AvgIpc) is 2.44. The molecule has 0 spiro atoms. The first-order valence-electron chi connectivity index (χ1n) is 6.59. The number of anilines is 1. The minimum atomic E-state index is -0.509. The summed E-state index contributed by atoms with van der Waals surface area (Å²) in [5.74, 6) is -0.499. The maximum Gasteiger partial charge on any atom is 0.325 e. The van der Waals surface area contributed by atoms with Crippen LogP contribution in [-0.2, 0) is 9.53 Å². The number of hydrogen-bond donors (Lipinski definition) is 2. The molecule has 0 aliphatic carbocycles. The molecule has 1 atom stereocenters. The number of amides is 2. The molecule has 2 amide bonds. The summed E-state index contributed by atoms with van der Waals surface area (Å²) < 4.78 is 4.88. The van der Waals surface area contributed by atoms with Crippen molar-refractivity contribution in [3.63, 3.8) is 0 Å². The van der Waals surface area contributed by atoms with Crippen LogP contribution in [0.4, 0.5) is 10.5 Å². The van der Waals surface area contributed by atoms with Crippen LogP contribution in [0.25, 0.3) is 0 Å². The second-order valence-electron chi connectivity index (χ2n) is 4.75. The Hall–Kier alpha value is -2.44. The Morgan fingerprint density at radius 1 is 1.19 bits per heavy atom. The molecule has 2 N–H and O–H groups in total. The third-order valence-electron chi connectivity index (χ3n) is 2.57. The molecule has 0 heterocycles. The molecule has 0 aliphatic rings. The number of rotatable bonds is 6. The molecule has 1 rings (SSSR count). The van der Waals surface area contributed by atoms with E-state index in [0.717, 1.165) is 5.56 Å². The lowest BCUT2D eigenvalue weighted by molar-refractivity contribution is -0.146. The van der Waals surface area contributed by atoms with Gasteiger partial charge in [-0.15, -0.1) is 0 Å². The number of nitrogens with zero attached hydrogens (tertiary/aromatic N) is 1. The summed E-state index contributed by atoms with van der Waals surface area (Å²) in [6.45, 7) is 4.94. The van der Waals surface area contributed by atoms with Crippen molar-refractivity contribution in [3.8, 4) is 0 Å². The van der Waals surface area contributed by atoms with E-state index in [4.69, 9.17) is 4.74 Å². The van der Waals surface area contributed by atoms with Crippen molar-refractivity contribution >= 4 is 17.7 Å². The number of carbonyl (C=O) groups is 2. The third kappa shape index (κ3) is 6.03. The van der Waals surface area contributed by atoms with E-state index >= 15 is 0 Å². The highest BCUT2D eigenvalue weighted by molar-refractivity contribution is 5.91. The molecule has 0 bridgehead atoms. The zero-order valence-electron chi connectivity index (χ0n) is 12.3. The molecule has 21 heavy (non-hydrogen) atoms. The van der Waals surface area contributed by atoms with E-state index in [9.17, 15) is 14.5 Å². The van der Waals surface area contributed by atoms with Crippen LogP contribution in [0.15, 0.2) is 29.4 Å². The lowest BCUT2D eigenvalue weighted by Gasteiger charge is -2.10. The van der Waals surface area contributed by atoms with Gasteiger partial charge < -0.3 is 15.4 Å². The topological polar surface area (TPSA) is 96.9 Å². The SMILES string of the molecule is CC(C)OC(=O)CNC(=O)Nc1ccc(C(C)N=O)cc1. The Labute approximate surface area is 123 Å². The van der Waals surface area contributed by atoms with Crippen LogP contribution in [0.2, 0.25) is 0 Å². The van der Waals surface area contributed by atoms with Crippen molar-refractivity contribution in [1.29, 1.82) is 0 Å². The Balaban J connectivity index is 2.44. The zero-order chi connectivity index (χ0) is 15.8. The quantitative estimate of drug-likeness (QED) is 0.622. The van der Waals surface area contributed by atoms with E-state index in [1.54, 1.807) is 45.0 Å². The van der Waals surface area contributed by atoms with Crippen LogP contribution in [0.1, 0.15) is 32.4 Å². The highest BCUT2D eigenvalue weighted by atomic mass is 16.5. The first-order chi connectivity index (χ1) is 9.92. The summed E-state index contributed by atoms with van der Waals surface area (Å²) in [5, 5.41) is 7.88. The van der Waals surface area contributed by atoms with E-state index < -0.39 is 18.0 Å². The number of nitroso groups, excluding NO2 is 1. The van der Waals surface area contributed by atoms with Gasteiger partial charge in [-0.05, 0) is 38.5 Å². The van der Waals surface area contributed by atoms with E-state index in [1.165, 1.54) is 0 Å². The molecule has 7 heteroatoms. The van der Waals surface area contributed by atoms with Crippen molar-refractivity contribution in [2.45, 2.75) is 32.9 Å². The lowest BCUT2D eigenvalue weighted by Crippen LogP contribution is -2.34. The number of benzene rings is 1.